The van der Waals surface area contributed by atoms with Gasteiger partial charge in [0.15, 0.2) is 0 Å². The van der Waals surface area contributed by atoms with Crippen LogP contribution in [0, 0.1) is 6.92 Å². The summed E-state index contributed by atoms with van der Waals surface area (Å²) in [6.45, 7) is 5.17. The van der Waals surface area contributed by atoms with Crippen molar-refractivity contribution in [1.29, 1.82) is 0 Å². The molecule has 0 fully saturated rings. The van der Waals surface area contributed by atoms with Gasteiger partial charge < -0.3 is 14.6 Å². The lowest BCUT2D eigenvalue weighted by Crippen LogP contribution is -2.12. The summed E-state index contributed by atoms with van der Waals surface area (Å²) < 4.78 is 5.43. The largest absolute Gasteiger partial charge is 0.456 e. The first kappa shape index (κ1) is 16.3. The molecule has 0 saturated heterocycles. The molecule has 1 heterocycles. The zero-order chi connectivity index (χ0) is 16.1. The van der Waals surface area contributed by atoms with Gasteiger partial charge in [-0.15, -0.1) is 0 Å². The molecule has 1 aromatic carbocycles. The summed E-state index contributed by atoms with van der Waals surface area (Å²) in [6, 6.07) is 9.72. The first-order valence-corrected chi connectivity index (χ1v) is 7.59. The van der Waals surface area contributed by atoms with Crippen LogP contribution in [-0.4, -0.2) is 29.9 Å². The highest BCUT2D eigenvalue weighted by atomic mass is 16.5. The molecule has 0 saturated carbocycles. The van der Waals surface area contributed by atoms with E-state index in [0.717, 1.165) is 29.8 Å². The van der Waals surface area contributed by atoms with Crippen molar-refractivity contribution in [3.63, 3.8) is 0 Å². The Bertz CT molecular complexity index is 630. The van der Waals surface area contributed by atoms with Crippen LogP contribution in [0.25, 0.3) is 0 Å². The lowest BCUT2D eigenvalue weighted by molar-refractivity contribution is 0.0465. The highest BCUT2D eigenvalue weighted by Gasteiger charge is 2.19. The molecule has 0 radical (unpaired) electrons. The topological polar surface area (TPSA) is 45.3 Å². The van der Waals surface area contributed by atoms with Crippen LogP contribution in [0.2, 0.25) is 0 Å². The average Bonchev–Trinajstić information content (AvgIpc) is 2.81. The van der Waals surface area contributed by atoms with Crippen molar-refractivity contribution >= 4 is 5.97 Å². The van der Waals surface area contributed by atoms with Gasteiger partial charge in [0, 0.05) is 12.2 Å². The molecule has 0 aliphatic heterocycles. The fourth-order valence-electron chi connectivity index (χ4n) is 2.63. The van der Waals surface area contributed by atoms with Gasteiger partial charge in [-0.2, -0.15) is 0 Å². The summed E-state index contributed by atoms with van der Waals surface area (Å²) in [6.07, 6.45) is 0.900. The Morgan fingerprint density at radius 2 is 1.91 bits per heavy atom. The molecule has 0 bridgehead atoms. The van der Waals surface area contributed by atoms with E-state index in [1.54, 1.807) is 0 Å². The number of nitrogens with one attached hydrogen (secondary N) is 1. The second kappa shape index (κ2) is 7.27. The molecule has 0 aliphatic carbocycles. The summed E-state index contributed by atoms with van der Waals surface area (Å²) in [4.78, 5) is 17.7. The van der Waals surface area contributed by atoms with Crippen LogP contribution in [-0.2, 0) is 24.3 Å². The Morgan fingerprint density at radius 1 is 1.23 bits per heavy atom. The lowest BCUT2D eigenvalue weighted by Gasteiger charge is -2.09. The number of carbonyl (C=O) groups is 1. The van der Waals surface area contributed by atoms with Gasteiger partial charge in [0.25, 0.3) is 0 Å². The normalized spacial score (nSPS) is 11.0. The zero-order valence-corrected chi connectivity index (χ0v) is 13.8. The fourth-order valence-corrected chi connectivity index (χ4v) is 2.63. The lowest BCUT2D eigenvalue weighted by atomic mass is 10.1. The summed E-state index contributed by atoms with van der Waals surface area (Å²) in [5.41, 5.74) is 4.86. The highest BCUT2D eigenvalue weighted by molar-refractivity contribution is 5.89. The first-order valence-electron chi connectivity index (χ1n) is 7.59. The second-order valence-electron chi connectivity index (χ2n) is 5.74. The van der Waals surface area contributed by atoms with Gasteiger partial charge in [-0.1, -0.05) is 37.3 Å². The van der Waals surface area contributed by atoms with E-state index in [9.17, 15) is 4.79 Å². The molecule has 0 amide bonds. The summed E-state index contributed by atoms with van der Waals surface area (Å²) in [7, 11) is 4.03. The van der Waals surface area contributed by atoms with Crippen molar-refractivity contribution in [3.8, 4) is 0 Å². The van der Waals surface area contributed by atoms with Crippen LogP contribution in [0.3, 0.4) is 0 Å². The van der Waals surface area contributed by atoms with Gasteiger partial charge in [-0.25, -0.2) is 4.79 Å². The van der Waals surface area contributed by atoms with Crippen molar-refractivity contribution in [2.45, 2.75) is 33.4 Å². The molecule has 0 spiro atoms. The maximum absolute atomic E-state index is 12.3. The van der Waals surface area contributed by atoms with Gasteiger partial charge in [0.05, 0.1) is 0 Å². The molecular formula is C18H24N2O2. The number of esters is 1. The molecule has 0 aliphatic rings. The first-order chi connectivity index (χ1) is 10.5. The van der Waals surface area contributed by atoms with Crippen molar-refractivity contribution in [2.24, 2.45) is 0 Å². The minimum absolute atomic E-state index is 0.291. The highest BCUT2D eigenvalue weighted by Crippen LogP contribution is 2.21. The fraction of sp³-hybridized carbons (Fsp3) is 0.389. The minimum Gasteiger partial charge on any atom is -0.456 e. The standard InChI is InChI=1S/C18H24N2O2/c1-5-15-13(2)17(19-16(15)11-20(3)4)18(21)22-12-14-9-7-6-8-10-14/h6-10,19H,5,11-12H2,1-4H3. The third-order valence-electron chi connectivity index (χ3n) is 3.71. The number of carbonyl (C=O) groups excluding carboxylic acids is 1. The van der Waals surface area contributed by atoms with Crippen LogP contribution in [0.5, 0.6) is 0 Å². The molecule has 118 valence electrons. The Hall–Kier alpha value is -2.07. The second-order valence-corrected chi connectivity index (χ2v) is 5.74. The van der Waals surface area contributed by atoms with Gasteiger partial charge >= 0.3 is 5.97 Å². The summed E-state index contributed by atoms with van der Waals surface area (Å²) >= 11 is 0. The third kappa shape index (κ3) is 3.77. The zero-order valence-electron chi connectivity index (χ0n) is 13.8. The Morgan fingerprint density at radius 3 is 2.50 bits per heavy atom. The molecular weight excluding hydrogens is 276 g/mol. The number of ether oxygens (including phenoxy) is 1. The summed E-state index contributed by atoms with van der Waals surface area (Å²) in [5, 5.41) is 0. The predicted octanol–water partition coefficient (Wildman–Crippen LogP) is 3.30. The molecule has 22 heavy (non-hydrogen) atoms. The van der Waals surface area contributed by atoms with Gasteiger partial charge in [-0.3, -0.25) is 0 Å². The smallest absolute Gasteiger partial charge is 0.355 e. The van der Waals surface area contributed by atoms with Crippen molar-refractivity contribution < 1.29 is 9.53 Å². The number of hydrogen-bond donors (Lipinski definition) is 1. The number of nitrogens with zero attached hydrogens (tertiary/aromatic N) is 1. The van der Waals surface area contributed by atoms with Crippen LogP contribution < -0.4 is 0 Å². The van der Waals surface area contributed by atoms with E-state index in [1.807, 2.05) is 51.4 Å². The van der Waals surface area contributed by atoms with E-state index in [2.05, 4.69) is 16.8 Å². The SMILES string of the molecule is CCc1c(CN(C)C)[nH]c(C(=O)OCc2ccccc2)c1C. The van der Waals surface area contributed by atoms with E-state index >= 15 is 0 Å². The molecule has 0 unspecified atom stereocenters. The van der Waals surface area contributed by atoms with Gasteiger partial charge in [0.2, 0.25) is 0 Å². The quantitative estimate of drug-likeness (QED) is 0.833. The molecule has 4 heteroatoms. The van der Waals surface area contributed by atoms with Crippen LogP contribution in [0.4, 0.5) is 0 Å². The van der Waals surface area contributed by atoms with E-state index in [-0.39, 0.29) is 5.97 Å². The van der Waals surface area contributed by atoms with E-state index < -0.39 is 0 Å². The number of benzene rings is 1. The number of aromatic amines is 1. The van der Waals surface area contributed by atoms with Gasteiger partial charge in [-0.05, 0) is 44.1 Å². The Labute approximate surface area is 132 Å². The number of rotatable bonds is 6. The number of H-pyrrole nitrogens is 1. The molecule has 1 aromatic heterocycles. The van der Waals surface area contributed by atoms with E-state index in [1.165, 1.54) is 5.56 Å². The minimum atomic E-state index is -0.291. The maximum atomic E-state index is 12.3. The monoisotopic (exact) mass is 300 g/mol. The third-order valence-corrected chi connectivity index (χ3v) is 3.71. The van der Waals surface area contributed by atoms with E-state index in [4.69, 9.17) is 4.74 Å². The average molecular weight is 300 g/mol. The van der Waals surface area contributed by atoms with Crippen molar-refractivity contribution in [1.82, 2.24) is 9.88 Å². The maximum Gasteiger partial charge on any atom is 0.355 e. The number of aromatic nitrogens is 1. The van der Waals surface area contributed by atoms with Crippen LogP contribution in [0.15, 0.2) is 30.3 Å². The predicted molar refractivity (Wildman–Crippen MR) is 87.9 cm³/mol. The van der Waals surface area contributed by atoms with Crippen LogP contribution >= 0.6 is 0 Å². The van der Waals surface area contributed by atoms with Crippen molar-refractivity contribution in [3.05, 3.63) is 58.4 Å². The summed E-state index contributed by atoms with van der Waals surface area (Å²) in [5.74, 6) is -0.291. The van der Waals surface area contributed by atoms with Crippen molar-refractivity contribution in [2.75, 3.05) is 14.1 Å². The molecule has 2 rings (SSSR count). The Kier molecular flexibility index (Phi) is 5.39. The number of hydrogen-bond acceptors (Lipinski definition) is 3. The van der Waals surface area contributed by atoms with Gasteiger partial charge in [0.1, 0.15) is 12.3 Å². The molecule has 4 nitrogen and oxygen atoms in total. The molecule has 2 aromatic rings. The van der Waals surface area contributed by atoms with E-state index in [0.29, 0.717) is 12.3 Å². The van der Waals surface area contributed by atoms with Crippen LogP contribution in [0.1, 0.15) is 39.8 Å². The molecule has 1 N–H and O–H groups in total. The Balaban J connectivity index is 2.13. The molecule has 0 atom stereocenters.